The molecule has 0 unspecified atom stereocenters. The lowest BCUT2D eigenvalue weighted by Gasteiger charge is -2.18. The molecular formula is C13H11N3O2. The summed E-state index contributed by atoms with van der Waals surface area (Å²) in [5.41, 5.74) is 1.47. The number of hydrogen-bond donors (Lipinski definition) is 1. The first kappa shape index (κ1) is 10.7. The number of anilines is 1. The summed E-state index contributed by atoms with van der Waals surface area (Å²) < 4.78 is 5.35. The zero-order valence-electron chi connectivity index (χ0n) is 9.64. The van der Waals surface area contributed by atoms with Crippen molar-refractivity contribution < 1.29 is 9.53 Å². The fourth-order valence-corrected chi connectivity index (χ4v) is 1.87. The van der Waals surface area contributed by atoms with Crippen LogP contribution in [-0.2, 0) is 11.2 Å². The number of allylic oxidation sites excluding steroid dienone is 1. The van der Waals surface area contributed by atoms with Gasteiger partial charge in [0.05, 0.1) is 11.2 Å². The van der Waals surface area contributed by atoms with E-state index in [1.54, 1.807) is 12.3 Å². The first-order chi connectivity index (χ1) is 8.76. The lowest BCUT2D eigenvalue weighted by atomic mass is 10.2. The molecule has 1 amide bonds. The van der Waals surface area contributed by atoms with E-state index in [2.05, 4.69) is 21.9 Å². The number of benzene rings is 1. The molecule has 0 spiro atoms. The summed E-state index contributed by atoms with van der Waals surface area (Å²) in [7, 11) is 0. The van der Waals surface area contributed by atoms with E-state index in [1.807, 2.05) is 12.1 Å². The van der Waals surface area contributed by atoms with Crippen LogP contribution in [0, 0.1) is 0 Å². The van der Waals surface area contributed by atoms with E-state index in [-0.39, 0.29) is 12.5 Å². The molecule has 2 heterocycles. The van der Waals surface area contributed by atoms with Gasteiger partial charge < -0.3 is 10.1 Å². The predicted molar refractivity (Wildman–Crippen MR) is 67.6 cm³/mol. The van der Waals surface area contributed by atoms with Gasteiger partial charge in [-0.3, -0.25) is 4.79 Å². The summed E-state index contributed by atoms with van der Waals surface area (Å²) in [6.07, 6.45) is 4.13. The fraction of sp³-hybridized carbons (Fsp3) is 0.154. The molecule has 0 saturated carbocycles. The van der Waals surface area contributed by atoms with Crippen molar-refractivity contribution in [1.82, 2.24) is 9.97 Å². The number of ether oxygens (including phenoxy) is 1. The highest BCUT2D eigenvalue weighted by atomic mass is 16.5. The Kier molecular flexibility index (Phi) is 2.44. The van der Waals surface area contributed by atoms with E-state index in [0.29, 0.717) is 17.9 Å². The van der Waals surface area contributed by atoms with Crippen molar-refractivity contribution in [1.29, 1.82) is 0 Å². The highest BCUT2D eigenvalue weighted by molar-refractivity contribution is 5.98. The summed E-state index contributed by atoms with van der Waals surface area (Å²) >= 11 is 0. The van der Waals surface area contributed by atoms with Crippen LogP contribution in [0.25, 0.3) is 10.9 Å². The summed E-state index contributed by atoms with van der Waals surface area (Å²) in [5, 5.41) is 3.62. The number of nitrogens with zero attached hydrogens (tertiary/aromatic N) is 2. The maximum absolute atomic E-state index is 11.2. The van der Waals surface area contributed by atoms with Crippen molar-refractivity contribution in [2.24, 2.45) is 0 Å². The SMILES string of the molecule is C=CCc1ncc2cc3c(cc2n1)OCC(=O)N3. The molecule has 2 aromatic rings. The van der Waals surface area contributed by atoms with Crippen LogP contribution in [0.5, 0.6) is 5.75 Å². The monoisotopic (exact) mass is 241 g/mol. The molecule has 0 atom stereocenters. The van der Waals surface area contributed by atoms with E-state index in [1.165, 1.54) is 0 Å². The van der Waals surface area contributed by atoms with Crippen LogP contribution in [0.4, 0.5) is 5.69 Å². The van der Waals surface area contributed by atoms with Crippen LogP contribution in [0.2, 0.25) is 0 Å². The first-order valence-corrected chi connectivity index (χ1v) is 5.59. The zero-order valence-corrected chi connectivity index (χ0v) is 9.64. The molecule has 1 aliphatic rings. The molecule has 90 valence electrons. The van der Waals surface area contributed by atoms with Crippen molar-refractivity contribution in [3.8, 4) is 5.75 Å². The zero-order chi connectivity index (χ0) is 12.5. The van der Waals surface area contributed by atoms with Crippen LogP contribution >= 0.6 is 0 Å². The summed E-state index contributed by atoms with van der Waals surface area (Å²) in [4.78, 5) is 19.9. The summed E-state index contributed by atoms with van der Waals surface area (Å²) in [5.74, 6) is 1.22. The van der Waals surface area contributed by atoms with E-state index in [0.717, 1.165) is 16.7 Å². The molecule has 5 nitrogen and oxygen atoms in total. The predicted octanol–water partition coefficient (Wildman–Crippen LogP) is 1.69. The number of fused-ring (bicyclic) bond motifs is 2. The lowest BCUT2D eigenvalue weighted by Crippen LogP contribution is -2.25. The minimum atomic E-state index is -0.147. The van der Waals surface area contributed by atoms with Gasteiger partial charge in [-0.2, -0.15) is 0 Å². The normalized spacial score (nSPS) is 13.7. The molecule has 1 aromatic carbocycles. The number of aromatic nitrogens is 2. The third-order valence-electron chi connectivity index (χ3n) is 2.69. The Morgan fingerprint density at radius 2 is 2.39 bits per heavy atom. The van der Waals surface area contributed by atoms with Crippen molar-refractivity contribution in [3.05, 3.63) is 36.8 Å². The van der Waals surface area contributed by atoms with E-state index < -0.39 is 0 Å². The Hall–Kier alpha value is -2.43. The molecule has 18 heavy (non-hydrogen) atoms. The van der Waals surface area contributed by atoms with Gasteiger partial charge in [0.25, 0.3) is 5.91 Å². The summed E-state index contributed by atoms with van der Waals surface area (Å²) in [6.45, 7) is 3.71. The van der Waals surface area contributed by atoms with Gasteiger partial charge in [-0.25, -0.2) is 9.97 Å². The molecule has 1 aromatic heterocycles. The Morgan fingerprint density at radius 3 is 3.22 bits per heavy atom. The number of nitrogens with one attached hydrogen (secondary N) is 1. The van der Waals surface area contributed by atoms with Crippen LogP contribution in [0.3, 0.4) is 0 Å². The van der Waals surface area contributed by atoms with Gasteiger partial charge in [-0.1, -0.05) is 6.08 Å². The van der Waals surface area contributed by atoms with Gasteiger partial charge >= 0.3 is 0 Å². The Bertz CT molecular complexity index is 652. The minimum Gasteiger partial charge on any atom is -0.482 e. The van der Waals surface area contributed by atoms with E-state index >= 15 is 0 Å². The maximum atomic E-state index is 11.2. The average Bonchev–Trinajstić information content (AvgIpc) is 2.37. The highest BCUT2D eigenvalue weighted by Crippen LogP contribution is 2.31. The third kappa shape index (κ3) is 1.79. The quantitative estimate of drug-likeness (QED) is 0.812. The molecule has 0 aliphatic carbocycles. The Balaban J connectivity index is 2.12. The fourth-order valence-electron chi connectivity index (χ4n) is 1.87. The van der Waals surface area contributed by atoms with Gasteiger partial charge in [-0.15, -0.1) is 6.58 Å². The highest BCUT2D eigenvalue weighted by Gasteiger charge is 2.16. The number of carbonyl (C=O) groups excluding carboxylic acids is 1. The largest absolute Gasteiger partial charge is 0.482 e. The van der Waals surface area contributed by atoms with Gasteiger partial charge in [0.15, 0.2) is 6.61 Å². The Labute approximate surface area is 104 Å². The average molecular weight is 241 g/mol. The lowest BCUT2D eigenvalue weighted by molar-refractivity contribution is -0.118. The molecular weight excluding hydrogens is 230 g/mol. The summed E-state index contributed by atoms with van der Waals surface area (Å²) in [6, 6.07) is 3.64. The second kappa shape index (κ2) is 4.10. The molecule has 3 rings (SSSR count). The van der Waals surface area contributed by atoms with Crippen molar-refractivity contribution in [3.63, 3.8) is 0 Å². The molecule has 0 saturated heterocycles. The Morgan fingerprint density at radius 1 is 1.50 bits per heavy atom. The molecule has 0 fully saturated rings. The van der Waals surface area contributed by atoms with Crippen LogP contribution < -0.4 is 10.1 Å². The number of carbonyl (C=O) groups is 1. The van der Waals surface area contributed by atoms with Crippen molar-refractivity contribution >= 4 is 22.5 Å². The molecule has 1 N–H and O–H groups in total. The van der Waals surface area contributed by atoms with Gasteiger partial charge in [0, 0.05) is 24.1 Å². The minimum absolute atomic E-state index is 0.0447. The third-order valence-corrected chi connectivity index (χ3v) is 2.69. The standard InChI is InChI=1S/C13H11N3O2/c1-2-3-12-14-6-8-4-10-11(5-9(8)15-12)18-7-13(17)16-10/h2,4-6H,1,3,7H2,(H,16,17). The van der Waals surface area contributed by atoms with E-state index in [9.17, 15) is 4.79 Å². The maximum Gasteiger partial charge on any atom is 0.262 e. The number of amides is 1. The van der Waals surface area contributed by atoms with Crippen molar-refractivity contribution in [2.45, 2.75) is 6.42 Å². The molecule has 1 aliphatic heterocycles. The molecule has 0 radical (unpaired) electrons. The van der Waals surface area contributed by atoms with Gasteiger partial charge in [-0.05, 0) is 6.07 Å². The van der Waals surface area contributed by atoms with Crippen LogP contribution in [0.1, 0.15) is 5.82 Å². The van der Waals surface area contributed by atoms with Gasteiger partial charge in [0.2, 0.25) is 0 Å². The van der Waals surface area contributed by atoms with Crippen molar-refractivity contribution in [2.75, 3.05) is 11.9 Å². The number of rotatable bonds is 2. The topological polar surface area (TPSA) is 64.1 Å². The van der Waals surface area contributed by atoms with Crippen LogP contribution in [0.15, 0.2) is 31.0 Å². The second-order valence-electron chi connectivity index (χ2n) is 4.02. The van der Waals surface area contributed by atoms with E-state index in [4.69, 9.17) is 4.74 Å². The van der Waals surface area contributed by atoms with Gasteiger partial charge in [0.1, 0.15) is 11.6 Å². The second-order valence-corrected chi connectivity index (χ2v) is 4.02. The van der Waals surface area contributed by atoms with Crippen LogP contribution in [-0.4, -0.2) is 22.5 Å². The molecule has 5 heteroatoms. The first-order valence-electron chi connectivity index (χ1n) is 5.59. The molecule has 0 bridgehead atoms. The smallest absolute Gasteiger partial charge is 0.262 e. The number of hydrogen-bond acceptors (Lipinski definition) is 4.